The summed E-state index contributed by atoms with van der Waals surface area (Å²) in [6.45, 7) is 2.26. The highest BCUT2D eigenvalue weighted by Gasteiger charge is 2.00. The summed E-state index contributed by atoms with van der Waals surface area (Å²) < 4.78 is 1.02. The van der Waals surface area contributed by atoms with Crippen LogP contribution < -0.4 is 0 Å². The van der Waals surface area contributed by atoms with Gasteiger partial charge >= 0.3 is 0 Å². The highest BCUT2D eigenvalue weighted by Crippen LogP contribution is 2.20. The maximum absolute atomic E-state index is 4.43. The Labute approximate surface area is 130 Å². The van der Waals surface area contributed by atoms with Crippen LogP contribution in [0, 0.1) is 0 Å². The van der Waals surface area contributed by atoms with Crippen LogP contribution in [0.5, 0.6) is 0 Å². The molecule has 0 N–H and O–H groups in total. The van der Waals surface area contributed by atoms with E-state index < -0.39 is 0 Å². The molecule has 0 aliphatic heterocycles. The number of rotatable bonds is 7. The molecule has 1 aromatic heterocycles. The predicted octanol–water partition coefficient (Wildman–Crippen LogP) is 6.02. The van der Waals surface area contributed by atoms with Crippen molar-refractivity contribution in [1.82, 2.24) is 4.98 Å². The Morgan fingerprint density at radius 1 is 0.900 bits per heavy atom. The van der Waals surface area contributed by atoms with Crippen LogP contribution in [0.3, 0.4) is 0 Å². The van der Waals surface area contributed by atoms with E-state index in [1.807, 2.05) is 18.3 Å². The van der Waals surface area contributed by atoms with Crippen molar-refractivity contribution in [2.45, 2.75) is 45.4 Å². The van der Waals surface area contributed by atoms with E-state index in [-0.39, 0.29) is 0 Å². The van der Waals surface area contributed by atoms with Crippen LogP contribution in [0.2, 0.25) is 0 Å². The number of aryl methyl sites for hydroxylation is 1. The first-order chi connectivity index (χ1) is 9.79. The van der Waals surface area contributed by atoms with Gasteiger partial charge in [0.25, 0.3) is 0 Å². The fraction of sp³-hybridized carbons (Fsp3) is 0.389. The van der Waals surface area contributed by atoms with Crippen molar-refractivity contribution < 1.29 is 0 Å². The first kappa shape index (κ1) is 15.2. The van der Waals surface area contributed by atoms with Gasteiger partial charge in [-0.25, -0.2) is 0 Å². The molecule has 0 saturated carbocycles. The van der Waals surface area contributed by atoms with Crippen LogP contribution in [-0.2, 0) is 6.42 Å². The summed E-state index contributed by atoms with van der Waals surface area (Å²) in [5.41, 5.74) is 3.65. The molecule has 2 heteroatoms. The van der Waals surface area contributed by atoms with Crippen LogP contribution in [0.15, 0.2) is 47.1 Å². The first-order valence-corrected chi connectivity index (χ1v) is 8.30. The van der Waals surface area contributed by atoms with Crippen LogP contribution in [-0.4, -0.2) is 4.98 Å². The zero-order valence-electron chi connectivity index (χ0n) is 12.1. The van der Waals surface area contributed by atoms with Crippen LogP contribution in [0.25, 0.3) is 11.3 Å². The summed E-state index contributed by atoms with van der Waals surface area (Å²) in [5.74, 6) is 0. The van der Waals surface area contributed by atoms with Gasteiger partial charge in [-0.15, -0.1) is 0 Å². The van der Waals surface area contributed by atoms with Gasteiger partial charge in [0.15, 0.2) is 0 Å². The molecule has 1 heterocycles. The predicted molar refractivity (Wildman–Crippen MR) is 89.8 cm³/mol. The molecule has 0 saturated heterocycles. The lowest BCUT2D eigenvalue weighted by molar-refractivity contribution is 0.632. The number of hydrogen-bond acceptors (Lipinski definition) is 1. The van der Waals surface area contributed by atoms with Crippen molar-refractivity contribution in [2.24, 2.45) is 0 Å². The molecule has 106 valence electrons. The van der Waals surface area contributed by atoms with Gasteiger partial charge in [-0.3, -0.25) is 4.98 Å². The molecule has 2 aromatic rings. The monoisotopic (exact) mass is 331 g/mol. The molecule has 20 heavy (non-hydrogen) atoms. The van der Waals surface area contributed by atoms with Crippen LogP contribution in [0.4, 0.5) is 0 Å². The average Bonchev–Trinajstić information content (AvgIpc) is 2.49. The Kier molecular flexibility index (Phi) is 6.25. The molecule has 0 amide bonds. The number of benzene rings is 1. The highest BCUT2D eigenvalue weighted by molar-refractivity contribution is 9.10. The number of aromatic nitrogens is 1. The molecule has 0 aliphatic rings. The maximum Gasteiger partial charge on any atom is 0.0702 e. The summed E-state index contributed by atoms with van der Waals surface area (Å²) in [5, 5.41) is 0. The summed E-state index contributed by atoms with van der Waals surface area (Å²) in [6.07, 6.45) is 9.74. The van der Waals surface area contributed by atoms with E-state index in [9.17, 15) is 0 Å². The van der Waals surface area contributed by atoms with Crippen molar-refractivity contribution in [2.75, 3.05) is 0 Å². The normalized spacial score (nSPS) is 10.7. The van der Waals surface area contributed by atoms with E-state index in [2.05, 4.69) is 52.1 Å². The standard InChI is InChI=1S/C18H22BrN/c1-2-3-4-5-6-7-15-8-10-16(11-9-15)18-13-12-17(19)14-20-18/h8-14H,2-7H2,1H3. The van der Waals surface area contributed by atoms with E-state index >= 15 is 0 Å². The van der Waals surface area contributed by atoms with E-state index in [1.165, 1.54) is 49.7 Å². The third-order valence-electron chi connectivity index (χ3n) is 3.55. The number of halogens is 1. The molecule has 0 unspecified atom stereocenters. The Bertz CT molecular complexity index is 502. The largest absolute Gasteiger partial charge is 0.255 e. The van der Waals surface area contributed by atoms with Crippen molar-refractivity contribution in [3.63, 3.8) is 0 Å². The minimum absolute atomic E-state index is 1.02. The lowest BCUT2D eigenvalue weighted by atomic mass is 10.0. The minimum Gasteiger partial charge on any atom is -0.255 e. The molecular weight excluding hydrogens is 310 g/mol. The second-order valence-electron chi connectivity index (χ2n) is 5.22. The second kappa shape index (κ2) is 8.21. The zero-order chi connectivity index (χ0) is 14.2. The topological polar surface area (TPSA) is 12.9 Å². The summed E-state index contributed by atoms with van der Waals surface area (Å²) in [4.78, 5) is 4.43. The Balaban J connectivity index is 1.88. The van der Waals surface area contributed by atoms with E-state index in [4.69, 9.17) is 0 Å². The molecule has 0 bridgehead atoms. The number of nitrogens with zero attached hydrogens (tertiary/aromatic N) is 1. The van der Waals surface area contributed by atoms with E-state index in [0.717, 1.165) is 10.2 Å². The van der Waals surface area contributed by atoms with E-state index in [1.54, 1.807) is 0 Å². The molecule has 0 spiro atoms. The van der Waals surface area contributed by atoms with Gasteiger partial charge in [0.05, 0.1) is 5.69 Å². The third kappa shape index (κ3) is 4.75. The minimum atomic E-state index is 1.02. The highest BCUT2D eigenvalue weighted by atomic mass is 79.9. The summed E-state index contributed by atoms with van der Waals surface area (Å²) in [7, 11) is 0. The Morgan fingerprint density at radius 3 is 2.30 bits per heavy atom. The summed E-state index contributed by atoms with van der Waals surface area (Å²) >= 11 is 3.41. The van der Waals surface area contributed by atoms with Gasteiger partial charge in [-0.2, -0.15) is 0 Å². The second-order valence-corrected chi connectivity index (χ2v) is 6.14. The molecule has 0 radical (unpaired) electrons. The molecule has 1 aromatic carbocycles. The van der Waals surface area contributed by atoms with Crippen LogP contribution in [0.1, 0.15) is 44.6 Å². The lowest BCUT2D eigenvalue weighted by Gasteiger charge is -2.04. The number of unbranched alkanes of at least 4 members (excludes halogenated alkanes) is 4. The van der Waals surface area contributed by atoms with Crippen molar-refractivity contribution in [3.8, 4) is 11.3 Å². The molecule has 0 fully saturated rings. The quantitative estimate of drug-likeness (QED) is 0.565. The smallest absolute Gasteiger partial charge is 0.0702 e. The zero-order valence-corrected chi connectivity index (χ0v) is 13.7. The van der Waals surface area contributed by atoms with Gasteiger partial charge in [-0.05, 0) is 46.5 Å². The molecule has 2 rings (SSSR count). The number of pyridine rings is 1. The van der Waals surface area contributed by atoms with E-state index in [0.29, 0.717) is 0 Å². The molecule has 0 atom stereocenters. The van der Waals surface area contributed by atoms with Crippen LogP contribution >= 0.6 is 15.9 Å². The Morgan fingerprint density at radius 2 is 1.65 bits per heavy atom. The molecule has 0 aliphatic carbocycles. The van der Waals surface area contributed by atoms with Gasteiger partial charge in [-0.1, -0.05) is 56.9 Å². The number of hydrogen-bond donors (Lipinski definition) is 0. The molecule has 1 nitrogen and oxygen atoms in total. The van der Waals surface area contributed by atoms with Gasteiger partial charge in [0.1, 0.15) is 0 Å². The molecular formula is C18H22BrN. The van der Waals surface area contributed by atoms with Crippen molar-refractivity contribution in [1.29, 1.82) is 0 Å². The third-order valence-corrected chi connectivity index (χ3v) is 4.02. The average molecular weight is 332 g/mol. The first-order valence-electron chi connectivity index (χ1n) is 7.50. The van der Waals surface area contributed by atoms with Gasteiger partial charge in [0.2, 0.25) is 0 Å². The Hall–Kier alpha value is -1.15. The lowest BCUT2D eigenvalue weighted by Crippen LogP contribution is -1.88. The maximum atomic E-state index is 4.43. The summed E-state index contributed by atoms with van der Waals surface area (Å²) in [6, 6.07) is 12.9. The van der Waals surface area contributed by atoms with Gasteiger partial charge in [0, 0.05) is 16.2 Å². The fourth-order valence-corrected chi connectivity index (χ4v) is 2.56. The van der Waals surface area contributed by atoms with Crippen molar-refractivity contribution >= 4 is 15.9 Å². The SMILES string of the molecule is CCCCCCCc1ccc(-c2ccc(Br)cn2)cc1. The van der Waals surface area contributed by atoms with Gasteiger partial charge < -0.3 is 0 Å². The fourth-order valence-electron chi connectivity index (χ4n) is 2.32. The van der Waals surface area contributed by atoms with Crippen molar-refractivity contribution in [3.05, 3.63) is 52.6 Å².